The van der Waals surface area contributed by atoms with Gasteiger partial charge in [0, 0.05) is 6.54 Å². The van der Waals surface area contributed by atoms with E-state index in [1.165, 1.54) is 12.1 Å². The van der Waals surface area contributed by atoms with Gasteiger partial charge in [-0.05, 0) is 31.3 Å². The first-order chi connectivity index (χ1) is 13.1. The van der Waals surface area contributed by atoms with E-state index in [-0.39, 0.29) is 25.1 Å². The van der Waals surface area contributed by atoms with Gasteiger partial charge in [-0.3, -0.25) is 0 Å². The predicted molar refractivity (Wildman–Crippen MR) is 103 cm³/mol. The Morgan fingerprint density at radius 1 is 1.04 bits per heavy atom. The van der Waals surface area contributed by atoms with Crippen LogP contribution in [0.25, 0.3) is 0 Å². The highest BCUT2D eigenvalue weighted by Crippen LogP contribution is 2.37. The van der Waals surface area contributed by atoms with Crippen LogP contribution in [-0.2, 0) is 9.47 Å². The van der Waals surface area contributed by atoms with Crippen molar-refractivity contribution in [2.75, 3.05) is 26.8 Å². The second kappa shape index (κ2) is 14.6. The standard InChI is InChI=1S/C12H14O6.C3H9NO.2C2H6/c13-5-8-10(9(15)11-12(17-8)18-11)16-7-3-1-6(14)2-4-7;1-4-2-3-5;2*1-2/h1-4,8-15H,5H2;4-5H,2-3H2,1H3;2*1-2H3. The summed E-state index contributed by atoms with van der Waals surface area (Å²) in [4.78, 5) is 0. The third-order valence-electron chi connectivity index (χ3n) is 3.48. The lowest BCUT2D eigenvalue weighted by Crippen LogP contribution is -2.52. The largest absolute Gasteiger partial charge is 0.508 e. The van der Waals surface area contributed by atoms with Gasteiger partial charge in [0.2, 0.25) is 0 Å². The molecule has 27 heavy (non-hydrogen) atoms. The molecule has 0 aromatic heterocycles. The molecule has 3 rings (SSSR count). The molecular formula is C19H35NO7. The van der Waals surface area contributed by atoms with E-state index in [0.717, 1.165) is 0 Å². The zero-order valence-electron chi connectivity index (χ0n) is 16.8. The van der Waals surface area contributed by atoms with Crippen LogP contribution < -0.4 is 10.1 Å². The maximum atomic E-state index is 10.0. The number of nitrogens with one attached hydrogen (secondary N) is 1. The molecule has 2 fully saturated rings. The van der Waals surface area contributed by atoms with Crippen molar-refractivity contribution in [1.29, 1.82) is 0 Å². The van der Waals surface area contributed by atoms with Crippen LogP contribution in [0.4, 0.5) is 0 Å². The molecular weight excluding hydrogens is 354 g/mol. The number of hydrogen-bond donors (Lipinski definition) is 5. The van der Waals surface area contributed by atoms with Crippen LogP contribution in [0.5, 0.6) is 11.5 Å². The normalized spacial score (nSPS) is 27.3. The molecule has 8 heteroatoms. The van der Waals surface area contributed by atoms with Crippen molar-refractivity contribution in [1.82, 2.24) is 5.32 Å². The fraction of sp³-hybridized carbons (Fsp3) is 0.684. The van der Waals surface area contributed by atoms with Crippen LogP contribution in [0, 0.1) is 0 Å². The van der Waals surface area contributed by atoms with Crippen LogP contribution in [0.1, 0.15) is 27.7 Å². The summed E-state index contributed by atoms with van der Waals surface area (Å²) in [5.41, 5.74) is 0. The second-order valence-corrected chi connectivity index (χ2v) is 5.22. The topological polar surface area (TPSA) is 124 Å². The molecule has 0 bridgehead atoms. The summed E-state index contributed by atoms with van der Waals surface area (Å²) < 4.78 is 16.1. The lowest BCUT2D eigenvalue weighted by atomic mass is 10.0. The molecule has 158 valence electrons. The number of phenolic OH excluding ortho intramolecular Hbond substituents is 1. The molecule has 0 aliphatic carbocycles. The molecule has 2 heterocycles. The van der Waals surface area contributed by atoms with Gasteiger partial charge in [0.1, 0.15) is 29.8 Å². The average Bonchev–Trinajstić information content (AvgIpc) is 3.50. The highest BCUT2D eigenvalue weighted by Gasteiger charge is 2.57. The minimum Gasteiger partial charge on any atom is -0.508 e. The number of ether oxygens (including phenoxy) is 3. The Bertz CT molecular complexity index is 470. The predicted octanol–water partition coefficient (Wildman–Crippen LogP) is 0.867. The SMILES string of the molecule is CC.CC.CNCCO.OCC1OC2OC2C(O)C1Oc1ccc(O)cc1. The lowest BCUT2D eigenvalue weighted by Gasteiger charge is -2.32. The molecule has 1 aromatic rings. The van der Waals surface area contributed by atoms with Gasteiger partial charge >= 0.3 is 0 Å². The highest BCUT2D eigenvalue weighted by atomic mass is 16.8. The molecule has 2 aliphatic heterocycles. The van der Waals surface area contributed by atoms with Gasteiger partial charge in [0.25, 0.3) is 0 Å². The number of likely N-dealkylation sites (N-methyl/N-ethyl adjacent to an activating group) is 1. The van der Waals surface area contributed by atoms with E-state index in [2.05, 4.69) is 5.32 Å². The summed E-state index contributed by atoms with van der Waals surface area (Å²) in [6.07, 6.45) is -2.97. The van der Waals surface area contributed by atoms with E-state index >= 15 is 0 Å². The zero-order valence-corrected chi connectivity index (χ0v) is 16.8. The molecule has 0 amide bonds. The van der Waals surface area contributed by atoms with Crippen molar-refractivity contribution >= 4 is 0 Å². The summed E-state index contributed by atoms with van der Waals surface area (Å²) in [6.45, 7) is 8.67. The van der Waals surface area contributed by atoms with E-state index in [4.69, 9.17) is 19.3 Å². The lowest BCUT2D eigenvalue weighted by molar-refractivity contribution is -0.134. The van der Waals surface area contributed by atoms with Gasteiger partial charge in [-0.25, -0.2) is 0 Å². The molecule has 8 nitrogen and oxygen atoms in total. The Morgan fingerprint density at radius 3 is 2.07 bits per heavy atom. The molecule has 5 unspecified atom stereocenters. The number of aliphatic hydroxyl groups excluding tert-OH is 3. The maximum absolute atomic E-state index is 10.0. The van der Waals surface area contributed by atoms with Crippen molar-refractivity contribution in [2.45, 2.75) is 58.4 Å². The number of rotatable bonds is 5. The number of aromatic hydroxyl groups is 1. The second-order valence-electron chi connectivity index (χ2n) is 5.22. The average molecular weight is 389 g/mol. The maximum Gasteiger partial charge on any atom is 0.187 e. The molecule has 1 aromatic carbocycles. The van der Waals surface area contributed by atoms with Crippen molar-refractivity contribution in [2.24, 2.45) is 0 Å². The van der Waals surface area contributed by atoms with Gasteiger partial charge in [0.15, 0.2) is 12.4 Å². The molecule has 0 saturated carbocycles. The number of phenols is 1. The monoisotopic (exact) mass is 389 g/mol. The summed E-state index contributed by atoms with van der Waals surface area (Å²) >= 11 is 0. The summed E-state index contributed by atoms with van der Waals surface area (Å²) in [5.74, 6) is 0.616. The van der Waals surface area contributed by atoms with Gasteiger partial charge in [-0.1, -0.05) is 27.7 Å². The third kappa shape index (κ3) is 8.42. The van der Waals surface area contributed by atoms with E-state index in [9.17, 15) is 15.3 Å². The van der Waals surface area contributed by atoms with E-state index < -0.39 is 24.6 Å². The minimum atomic E-state index is -0.838. The van der Waals surface area contributed by atoms with E-state index in [1.807, 2.05) is 27.7 Å². The van der Waals surface area contributed by atoms with Gasteiger partial charge in [-0.15, -0.1) is 0 Å². The molecule has 2 saturated heterocycles. The van der Waals surface area contributed by atoms with E-state index in [1.54, 1.807) is 19.2 Å². The van der Waals surface area contributed by atoms with Crippen molar-refractivity contribution in [3.05, 3.63) is 24.3 Å². The molecule has 5 N–H and O–H groups in total. The number of hydrogen-bond acceptors (Lipinski definition) is 8. The number of fused-ring (bicyclic) bond motifs is 1. The van der Waals surface area contributed by atoms with Crippen LogP contribution in [0.3, 0.4) is 0 Å². The first-order valence-corrected chi connectivity index (χ1v) is 9.41. The molecule has 2 aliphatic rings. The number of aliphatic hydroxyl groups is 3. The summed E-state index contributed by atoms with van der Waals surface area (Å²) in [6, 6.07) is 6.12. The van der Waals surface area contributed by atoms with Gasteiger partial charge in [-0.2, -0.15) is 0 Å². The smallest absolute Gasteiger partial charge is 0.187 e. The Morgan fingerprint density at radius 2 is 1.63 bits per heavy atom. The zero-order chi connectivity index (χ0) is 20.8. The van der Waals surface area contributed by atoms with Crippen LogP contribution in [-0.4, -0.2) is 77.9 Å². The summed E-state index contributed by atoms with van der Waals surface area (Å²) in [7, 11) is 1.80. The van der Waals surface area contributed by atoms with E-state index in [0.29, 0.717) is 12.3 Å². The Hall–Kier alpha value is -1.42. The first-order valence-electron chi connectivity index (χ1n) is 9.41. The van der Waals surface area contributed by atoms with Crippen molar-refractivity contribution < 1.29 is 34.6 Å². The van der Waals surface area contributed by atoms with Gasteiger partial charge < -0.3 is 40.0 Å². The summed E-state index contributed by atoms with van der Waals surface area (Å²) in [5, 5.41) is 39.2. The first kappa shape index (κ1) is 25.6. The van der Waals surface area contributed by atoms with Crippen LogP contribution in [0.2, 0.25) is 0 Å². The molecule has 0 spiro atoms. The number of benzene rings is 1. The van der Waals surface area contributed by atoms with Crippen molar-refractivity contribution in [3.8, 4) is 11.5 Å². The third-order valence-corrected chi connectivity index (χ3v) is 3.48. The fourth-order valence-corrected chi connectivity index (χ4v) is 2.20. The van der Waals surface area contributed by atoms with Gasteiger partial charge in [0.05, 0.1) is 13.2 Å². The highest BCUT2D eigenvalue weighted by molar-refractivity contribution is 5.30. The Labute approximate surface area is 161 Å². The molecule has 0 radical (unpaired) electrons. The fourth-order valence-electron chi connectivity index (χ4n) is 2.20. The molecule has 5 atom stereocenters. The quantitative estimate of drug-likeness (QED) is 0.470. The minimum absolute atomic E-state index is 0.132. The van der Waals surface area contributed by atoms with Crippen molar-refractivity contribution in [3.63, 3.8) is 0 Å². The van der Waals surface area contributed by atoms with Crippen LogP contribution in [0.15, 0.2) is 24.3 Å². The van der Waals surface area contributed by atoms with Crippen LogP contribution >= 0.6 is 0 Å². The number of epoxide rings is 1. The Balaban J connectivity index is 0.000000646. The Kier molecular flexibility index (Phi) is 13.8.